The monoisotopic (exact) mass is 677 g/mol. The predicted octanol–water partition coefficient (Wildman–Crippen LogP) is 6.84. The lowest BCUT2D eigenvalue weighted by atomic mass is 9.71. The maximum Gasteiger partial charge on any atom is 0.429 e. The quantitative estimate of drug-likeness (QED) is 0.174. The van der Waals surface area contributed by atoms with Gasteiger partial charge in [0.1, 0.15) is 11.9 Å². The van der Waals surface area contributed by atoms with E-state index in [1.54, 1.807) is 31.3 Å². The zero-order valence-electron chi connectivity index (χ0n) is 28.0. The molecule has 2 fully saturated rings. The van der Waals surface area contributed by atoms with E-state index in [1.807, 2.05) is 36.1 Å². The van der Waals surface area contributed by atoms with Gasteiger partial charge in [0.2, 0.25) is 17.9 Å². The fourth-order valence-corrected chi connectivity index (χ4v) is 7.32. The highest BCUT2D eigenvalue weighted by molar-refractivity contribution is 5.74. The zero-order valence-corrected chi connectivity index (χ0v) is 28.0. The van der Waals surface area contributed by atoms with Crippen LogP contribution in [0.3, 0.4) is 0 Å². The van der Waals surface area contributed by atoms with Gasteiger partial charge < -0.3 is 25.8 Å². The number of nitrogen functional groups attached to an aromatic ring is 1. The lowest BCUT2D eigenvalue weighted by Crippen LogP contribution is -2.46. The molecule has 0 bridgehead atoms. The van der Waals surface area contributed by atoms with Gasteiger partial charge in [-0.3, -0.25) is 4.79 Å². The molecule has 2 aromatic carbocycles. The van der Waals surface area contributed by atoms with Crippen LogP contribution in [0.2, 0.25) is 0 Å². The molecule has 0 radical (unpaired) electrons. The van der Waals surface area contributed by atoms with Crippen molar-refractivity contribution in [2.75, 3.05) is 23.7 Å². The molecule has 260 valence electrons. The number of carbonyl (C=O) groups is 1. The maximum atomic E-state index is 15.0. The topological polar surface area (TPSA) is 131 Å². The number of ether oxygens (including phenoxy) is 1. The summed E-state index contributed by atoms with van der Waals surface area (Å²) in [5.41, 5.74) is 9.33. The minimum absolute atomic E-state index is 0.0657. The molecule has 0 saturated carbocycles. The Balaban J connectivity index is 1.31. The largest absolute Gasteiger partial charge is 0.480 e. The molecule has 6 rings (SSSR count). The standard InChI is InChI=1S/C36H42F3N7O3/c1-5-29-35(20-27(41-29)33(47)48)12-15-45(16-13-35)30-19-31(43-34(40)42-30)49-32(36(37,38)39)26-10-9-25(18-28(26)46-14-11-22(4)44-46)24-8-6-7-23(17-24)21(2)3/h6-11,14,17-19,21,27,29,32,41H,5,12-13,15-16,20H2,1-4H3,(H,47,48)(H2,40,42,43)/t27?,29?,32-/m1/s1. The smallest absolute Gasteiger partial charge is 0.429 e. The molecule has 49 heavy (non-hydrogen) atoms. The summed E-state index contributed by atoms with van der Waals surface area (Å²) in [6.45, 7) is 9.05. The molecule has 2 saturated heterocycles. The number of rotatable bonds is 9. The Bertz CT molecular complexity index is 1820. The van der Waals surface area contributed by atoms with Crippen LogP contribution in [0, 0.1) is 12.3 Å². The van der Waals surface area contributed by atoms with E-state index in [4.69, 9.17) is 10.5 Å². The number of carboxylic acids is 1. The predicted molar refractivity (Wildman–Crippen MR) is 181 cm³/mol. The number of aryl methyl sites for hydroxylation is 1. The first-order chi connectivity index (χ1) is 23.3. The molecule has 4 N–H and O–H groups in total. The second-order valence-corrected chi connectivity index (χ2v) is 13.5. The number of nitrogens with zero attached hydrogens (tertiary/aromatic N) is 5. The molecule has 3 atom stereocenters. The van der Waals surface area contributed by atoms with Crippen molar-refractivity contribution < 1.29 is 27.8 Å². The van der Waals surface area contributed by atoms with Crippen LogP contribution in [0.4, 0.5) is 24.9 Å². The number of hydrogen-bond acceptors (Lipinski definition) is 8. The number of carboxylic acid groups (broad SMARTS) is 1. The Morgan fingerprint density at radius 1 is 1.10 bits per heavy atom. The third kappa shape index (κ3) is 7.08. The van der Waals surface area contributed by atoms with Crippen molar-refractivity contribution in [3.05, 3.63) is 77.6 Å². The van der Waals surface area contributed by atoms with E-state index in [0.29, 0.717) is 43.9 Å². The summed E-state index contributed by atoms with van der Waals surface area (Å²) in [6, 6.07) is 15.3. The summed E-state index contributed by atoms with van der Waals surface area (Å²) in [5.74, 6) is -0.735. The average Bonchev–Trinajstić information content (AvgIpc) is 3.66. The van der Waals surface area contributed by atoms with Crippen LogP contribution in [0.5, 0.6) is 5.88 Å². The van der Waals surface area contributed by atoms with Crippen molar-refractivity contribution >= 4 is 17.7 Å². The highest BCUT2D eigenvalue weighted by Crippen LogP contribution is 2.46. The molecule has 0 aliphatic carbocycles. The lowest BCUT2D eigenvalue weighted by Gasteiger charge is -2.43. The van der Waals surface area contributed by atoms with Crippen LogP contribution in [0.25, 0.3) is 16.8 Å². The van der Waals surface area contributed by atoms with Gasteiger partial charge in [0, 0.05) is 37.0 Å². The van der Waals surface area contributed by atoms with Crippen molar-refractivity contribution in [3.63, 3.8) is 0 Å². The molecular weight excluding hydrogens is 635 g/mol. The average molecular weight is 678 g/mol. The molecular formula is C36H42F3N7O3. The van der Waals surface area contributed by atoms with Gasteiger partial charge in [-0.1, -0.05) is 57.2 Å². The maximum absolute atomic E-state index is 15.0. The van der Waals surface area contributed by atoms with Crippen molar-refractivity contribution in [3.8, 4) is 22.7 Å². The lowest BCUT2D eigenvalue weighted by molar-refractivity contribution is -0.198. The Labute approximate surface area is 283 Å². The Kier molecular flexibility index (Phi) is 9.31. The van der Waals surface area contributed by atoms with Gasteiger partial charge in [-0.05, 0) is 72.8 Å². The number of alkyl halides is 3. The fourth-order valence-electron chi connectivity index (χ4n) is 7.32. The molecule has 0 amide bonds. The zero-order chi connectivity index (χ0) is 35.1. The van der Waals surface area contributed by atoms with Gasteiger partial charge in [-0.2, -0.15) is 28.2 Å². The first-order valence-corrected chi connectivity index (χ1v) is 16.6. The van der Waals surface area contributed by atoms with E-state index in [2.05, 4.69) is 34.2 Å². The molecule has 10 nitrogen and oxygen atoms in total. The highest BCUT2D eigenvalue weighted by atomic mass is 19.4. The summed E-state index contributed by atoms with van der Waals surface area (Å²) in [7, 11) is 0. The highest BCUT2D eigenvalue weighted by Gasteiger charge is 2.50. The van der Waals surface area contributed by atoms with Crippen LogP contribution in [-0.4, -0.2) is 62.2 Å². The number of benzene rings is 2. The third-order valence-electron chi connectivity index (χ3n) is 9.95. The van der Waals surface area contributed by atoms with Gasteiger partial charge in [-0.25, -0.2) is 4.68 Å². The molecule has 4 heterocycles. The summed E-state index contributed by atoms with van der Waals surface area (Å²) in [5, 5.41) is 17.3. The van der Waals surface area contributed by atoms with E-state index < -0.39 is 24.3 Å². The second kappa shape index (κ2) is 13.3. The van der Waals surface area contributed by atoms with Gasteiger partial charge in [-0.15, -0.1) is 0 Å². The number of nitrogens with two attached hydrogens (primary N) is 1. The Hall–Kier alpha value is -4.65. The number of halogens is 3. The van der Waals surface area contributed by atoms with Crippen molar-refractivity contribution in [1.82, 2.24) is 25.1 Å². The Morgan fingerprint density at radius 2 is 1.84 bits per heavy atom. The normalized spacial score (nSPS) is 19.8. The number of anilines is 2. The summed E-state index contributed by atoms with van der Waals surface area (Å²) in [6.07, 6.45) is -2.86. The Morgan fingerprint density at radius 3 is 2.47 bits per heavy atom. The number of aromatic nitrogens is 4. The van der Waals surface area contributed by atoms with Crippen LogP contribution in [0.1, 0.15) is 75.3 Å². The molecule has 2 aliphatic heterocycles. The SMILES string of the molecule is CCC1NC(C(=O)O)CC12CCN(c1cc(O[C@H](c3ccc(-c4cccc(C(C)C)c4)cc3-n3ccc(C)n3)C(F)(F)F)nc(N)n1)CC2. The minimum Gasteiger partial charge on any atom is -0.480 e. The van der Waals surface area contributed by atoms with E-state index in [1.165, 1.54) is 16.8 Å². The first-order valence-electron chi connectivity index (χ1n) is 16.6. The van der Waals surface area contributed by atoms with Crippen molar-refractivity contribution in [2.45, 2.75) is 83.7 Å². The summed E-state index contributed by atoms with van der Waals surface area (Å²) < 4.78 is 52.0. The number of nitrogens with one attached hydrogen (secondary N) is 1. The van der Waals surface area contributed by atoms with E-state index >= 15 is 0 Å². The molecule has 13 heteroatoms. The van der Waals surface area contributed by atoms with Crippen LogP contribution in [0.15, 0.2) is 60.8 Å². The third-order valence-corrected chi connectivity index (χ3v) is 9.95. The van der Waals surface area contributed by atoms with Gasteiger partial charge in [0.25, 0.3) is 0 Å². The minimum atomic E-state index is -4.82. The first kappa shape index (κ1) is 34.2. The fraction of sp³-hybridized carbons (Fsp3) is 0.444. The van der Waals surface area contributed by atoms with Gasteiger partial charge in [0.15, 0.2) is 0 Å². The molecule has 2 aromatic heterocycles. The van der Waals surface area contributed by atoms with E-state index in [9.17, 15) is 23.1 Å². The number of hydrogen-bond donors (Lipinski definition) is 3. The second-order valence-electron chi connectivity index (χ2n) is 13.5. The molecule has 4 aromatic rings. The van der Waals surface area contributed by atoms with Gasteiger partial charge in [0.05, 0.1) is 11.4 Å². The number of piperidine rings is 1. The van der Waals surface area contributed by atoms with Crippen LogP contribution < -0.4 is 20.7 Å². The summed E-state index contributed by atoms with van der Waals surface area (Å²) >= 11 is 0. The molecule has 1 spiro atoms. The summed E-state index contributed by atoms with van der Waals surface area (Å²) in [4.78, 5) is 22.1. The number of aliphatic carboxylic acids is 1. The molecule has 2 unspecified atom stereocenters. The van der Waals surface area contributed by atoms with Crippen molar-refractivity contribution in [1.29, 1.82) is 0 Å². The van der Waals surface area contributed by atoms with Gasteiger partial charge >= 0.3 is 12.1 Å². The van der Waals surface area contributed by atoms with E-state index in [0.717, 1.165) is 23.1 Å². The van der Waals surface area contributed by atoms with Crippen LogP contribution in [-0.2, 0) is 4.79 Å². The van der Waals surface area contributed by atoms with E-state index in [-0.39, 0.29) is 40.5 Å². The van der Waals surface area contributed by atoms with Crippen LogP contribution >= 0.6 is 0 Å². The van der Waals surface area contributed by atoms with Crippen molar-refractivity contribution in [2.24, 2.45) is 5.41 Å². The molecule has 2 aliphatic rings.